The number of rotatable bonds is 9. The number of likely N-dealkylation sites (N-methyl/N-ethyl adjacent to an activating group) is 1. The first kappa shape index (κ1) is 32.8. The number of nitrogens with two attached hydrogens (primary N) is 1. The minimum absolute atomic E-state index is 0.256. The molecule has 3 aliphatic carbocycles. The van der Waals surface area contributed by atoms with Crippen LogP contribution in [0.2, 0.25) is 0 Å². The Hall–Kier alpha value is -4.15. The topological polar surface area (TPSA) is 212 Å². The summed E-state index contributed by atoms with van der Waals surface area (Å²) in [5.74, 6) is -11.1. The van der Waals surface area contributed by atoms with Crippen LogP contribution < -0.4 is 21.1 Å². The van der Waals surface area contributed by atoms with Crippen LogP contribution in [0.15, 0.2) is 23.0 Å². The van der Waals surface area contributed by atoms with Crippen molar-refractivity contribution in [3.63, 3.8) is 0 Å². The molecule has 8 N–H and O–H groups in total. The Morgan fingerprint density at radius 3 is 2.43 bits per heavy atom. The number of carbonyl (C=O) groups excluding carboxylic acids is 4. The van der Waals surface area contributed by atoms with Crippen molar-refractivity contribution in [2.75, 3.05) is 32.5 Å². The number of anilines is 1. The molecule has 4 rings (SSSR count). The predicted octanol–water partition coefficient (Wildman–Crippen LogP) is 1.19. The van der Waals surface area contributed by atoms with Crippen molar-refractivity contribution in [3.8, 4) is 11.5 Å². The Balaban J connectivity index is 1.88. The Morgan fingerprint density at radius 2 is 1.86 bits per heavy atom. The van der Waals surface area contributed by atoms with E-state index in [1.807, 2.05) is 6.92 Å². The third-order valence-corrected chi connectivity index (χ3v) is 8.17. The monoisotopic (exact) mass is 626 g/mol. The maximum atomic E-state index is 13.9. The molecule has 4 atom stereocenters. The number of alkyl halides is 3. The third kappa shape index (κ3) is 5.48. The number of phenolic OH excluding ortho intramolecular Hbond substituents is 1. The highest BCUT2D eigenvalue weighted by molar-refractivity contribution is 6.24. The Bertz CT molecular complexity index is 1490. The van der Waals surface area contributed by atoms with Crippen LogP contribution in [-0.4, -0.2) is 93.9 Å². The number of fused-ring (bicyclic) bond motifs is 3. The summed E-state index contributed by atoms with van der Waals surface area (Å²) in [6.07, 6.45) is -4.42. The van der Waals surface area contributed by atoms with Crippen molar-refractivity contribution >= 4 is 34.8 Å². The highest BCUT2D eigenvalue weighted by Crippen LogP contribution is 2.55. The minimum atomic E-state index is -5.23. The number of hydrogen-bond donors (Lipinski definition) is 7. The number of hydrogen-bond acceptors (Lipinski definition) is 11. The number of amides is 2. The lowest BCUT2D eigenvalue weighted by Crippen LogP contribution is -2.65. The van der Waals surface area contributed by atoms with Crippen molar-refractivity contribution in [1.29, 1.82) is 0 Å². The lowest BCUT2D eigenvalue weighted by Gasteiger charge is -2.50. The van der Waals surface area contributed by atoms with Gasteiger partial charge in [-0.1, -0.05) is 13.3 Å². The maximum absolute atomic E-state index is 13.9. The fourth-order valence-electron chi connectivity index (χ4n) is 6.29. The molecule has 240 valence electrons. The van der Waals surface area contributed by atoms with Gasteiger partial charge in [-0.2, -0.15) is 0 Å². The quantitative estimate of drug-likeness (QED) is 0.118. The van der Waals surface area contributed by atoms with E-state index in [1.54, 1.807) is 0 Å². The summed E-state index contributed by atoms with van der Waals surface area (Å²) in [6.45, 7) is 2.15. The second-order valence-corrected chi connectivity index (χ2v) is 11.2. The number of aliphatic hydroxyl groups excluding tert-OH is 2. The van der Waals surface area contributed by atoms with Gasteiger partial charge in [0.25, 0.3) is 5.91 Å². The van der Waals surface area contributed by atoms with Gasteiger partial charge in [0.15, 0.2) is 17.1 Å². The first-order valence-corrected chi connectivity index (χ1v) is 13.8. The molecule has 0 heterocycles. The van der Waals surface area contributed by atoms with Crippen LogP contribution in [-0.2, 0) is 25.6 Å². The zero-order valence-electron chi connectivity index (χ0n) is 24.0. The second-order valence-electron chi connectivity index (χ2n) is 11.2. The molecule has 0 spiro atoms. The molecular weight excluding hydrogens is 593 g/mol. The van der Waals surface area contributed by atoms with E-state index in [2.05, 4.69) is 15.4 Å². The molecule has 0 bridgehead atoms. The van der Waals surface area contributed by atoms with Gasteiger partial charge < -0.3 is 41.5 Å². The van der Waals surface area contributed by atoms with Crippen LogP contribution in [0.5, 0.6) is 11.5 Å². The highest BCUT2D eigenvalue weighted by atomic mass is 19.4. The largest absolute Gasteiger partial charge is 0.573 e. The van der Waals surface area contributed by atoms with Crippen LogP contribution in [0.4, 0.5) is 18.9 Å². The van der Waals surface area contributed by atoms with E-state index in [1.165, 1.54) is 19.0 Å². The fourth-order valence-corrected chi connectivity index (χ4v) is 6.29. The minimum Gasteiger partial charge on any atom is -0.508 e. The number of unbranched alkanes of at least 4 members (excludes halogenated alkanes) is 1. The molecule has 0 saturated heterocycles. The number of primary amides is 1. The SMILES string of the molecule is CCCCNCC(=O)Nc1cc(OC(F)(F)F)c2c(c1O)C(O)=C1C(=O)[C@]3(O)C(O)=C(C(N)=O)C(=O)[C@@H](N(C)C)[C@@H]3C[C@@H]1C2. The van der Waals surface area contributed by atoms with E-state index in [0.717, 1.165) is 18.9 Å². The smallest absolute Gasteiger partial charge is 0.508 e. The summed E-state index contributed by atoms with van der Waals surface area (Å²) in [5.41, 5.74) is -0.810. The summed E-state index contributed by atoms with van der Waals surface area (Å²) in [4.78, 5) is 53.0. The number of nitrogens with zero attached hydrogens (tertiary/aromatic N) is 1. The van der Waals surface area contributed by atoms with Gasteiger partial charge >= 0.3 is 6.36 Å². The number of ketones is 2. The number of benzene rings is 1. The van der Waals surface area contributed by atoms with Crippen molar-refractivity contribution in [2.24, 2.45) is 17.6 Å². The molecule has 1 aromatic rings. The van der Waals surface area contributed by atoms with Gasteiger partial charge in [-0.05, 0) is 45.8 Å². The van der Waals surface area contributed by atoms with Crippen LogP contribution in [0.1, 0.15) is 37.3 Å². The third-order valence-electron chi connectivity index (χ3n) is 8.17. The van der Waals surface area contributed by atoms with E-state index >= 15 is 0 Å². The second kappa shape index (κ2) is 11.7. The summed E-state index contributed by atoms with van der Waals surface area (Å²) < 4.78 is 44.6. The summed E-state index contributed by atoms with van der Waals surface area (Å²) in [7, 11) is 2.83. The van der Waals surface area contributed by atoms with E-state index in [4.69, 9.17) is 5.73 Å². The molecular formula is C28H33F3N4O9. The van der Waals surface area contributed by atoms with E-state index in [-0.39, 0.29) is 18.5 Å². The van der Waals surface area contributed by atoms with Gasteiger partial charge in [0, 0.05) is 23.1 Å². The highest BCUT2D eigenvalue weighted by Gasteiger charge is 2.64. The van der Waals surface area contributed by atoms with Crippen molar-refractivity contribution < 1.29 is 57.5 Å². The van der Waals surface area contributed by atoms with Gasteiger partial charge in [0.05, 0.1) is 23.8 Å². The molecule has 2 amide bonds. The number of halogens is 3. The molecule has 0 unspecified atom stereocenters. The summed E-state index contributed by atoms with van der Waals surface area (Å²) in [5, 5.41) is 50.1. The van der Waals surface area contributed by atoms with E-state index < -0.39 is 105 Å². The molecule has 0 radical (unpaired) electrons. The Labute approximate surface area is 249 Å². The number of phenols is 1. The first-order chi connectivity index (χ1) is 20.4. The molecule has 0 aromatic heterocycles. The van der Waals surface area contributed by atoms with Gasteiger partial charge in [0.2, 0.25) is 11.7 Å². The van der Waals surface area contributed by atoms with E-state index in [0.29, 0.717) is 6.54 Å². The Kier molecular flexibility index (Phi) is 8.74. The lowest BCUT2D eigenvalue weighted by molar-refractivity contribution is -0.275. The molecule has 1 saturated carbocycles. The number of ether oxygens (including phenoxy) is 1. The molecule has 13 nitrogen and oxygen atoms in total. The van der Waals surface area contributed by atoms with Crippen LogP contribution in [0, 0.1) is 11.8 Å². The number of Topliss-reactive ketones (excluding diaryl/α,β-unsaturated/α-hetero) is 2. The number of carbonyl (C=O) groups is 4. The average Bonchev–Trinajstić information content (AvgIpc) is 2.90. The molecule has 1 fully saturated rings. The zero-order chi connectivity index (χ0) is 32.9. The van der Waals surface area contributed by atoms with Crippen molar-refractivity contribution in [1.82, 2.24) is 10.2 Å². The van der Waals surface area contributed by atoms with Gasteiger partial charge in [-0.15, -0.1) is 13.2 Å². The standard InChI is InChI=1S/C28H33F3N4O9/c1-4-5-6-33-10-16(36)34-14-9-15(44-28(29,30)31)12-7-11-8-13-20(35(2)3)23(39)19(26(32)42)25(41)27(13,43)24(40)17(11)22(38)18(12)21(14)37/h9,11,13,20,33,37-38,41,43H,4-8,10H2,1-3H3,(H2,32,42)(H,34,36)/t11-,13-,20-,27-/m0/s1. The van der Waals surface area contributed by atoms with Gasteiger partial charge in [0.1, 0.15) is 22.8 Å². The molecule has 44 heavy (non-hydrogen) atoms. The predicted molar refractivity (Wildman–Crippen MR) is 147 cm³/mol. The lowest BCUT2D eigenvalue weighted by atomic mass is 9.57. The fraction of sp³-hybridized carbons (Fsp3) is 0.500. The van der Waals surface area contributed by atoms with Crippen molar-refractivity contribution in [2.45, 2.75) is 50.6 Å². The molecule has 1 aromatic carbocycles. The molecule has 3 aliphatic rings. The normalized spacial score (nSPS) is 25.0. The number of aliphatic hydroxyl groups is 3. The van der Waals surface area contributed by atoms with Gasteiger partial charge in [-0.3, -0.25) is 24.1 Å². The molecule has 0 aliphatic heterocycles. The number of aromatic hydroxyl groups is 1. The van der Waals surface area contributed by atoms with Crippen LogP contribution in [0.25, 0.3) is 5.76 Å². The average molecular weight is 627 g/mol. The van der Waals surface area contributed by atoms with Gasteiger partial charge in [-0.25, -0.2) is 0 Å². The summed E-state index contributed by atoms with van der Waals surface area (Å²) in [6, 6.07) is -0.624. The molecule has 16 heteroatoms. The van der Waals surface area contributed by atoms with Crippen LogP contribution >= 0.6 is 0 Å². The summed E-state index contributed by atoms with van der Waals surface area (Å²) >= 11 is 0. The zero-order valence-corrected chi connectivity index (χ0v) is 24.0. The van der Waals surface area contributed by atoms with Crippen LogP contribution in [0.3, 0.4) is 0 Å². The Morgan fingerprint density at radius 1 is 1.20 bits per heavy atom. The number of nitrogens with one attached hydrogen (secondary N) is 2. The van der Waals surface area contributed by atoms with Crippen molar-refractivity contribution in [3.05, 3.63) is 34.1 Å². The maximum Gasteiger partial charge on any atom is 0.573 e. The van der Waals surface area contributed by atoms with E-state index in [9.17, 15) is 52.8 Å². The first-order valence-electron chi connectivity index (χ1n) is 13.8.